The van der Waals surface area contributed by atoms with Crippen LogP contribution in [-0.4, -0.2) is 32.4 Å². The summed E-state index contributed by atoms with van der Waals surface area (Å²) in [5, 5.41) is 8.67. The first-order chi connectivity index (χ1) is 11.2. The zero-order valence-corrected chi connectivity index (χ0v) is 13.3. The van der Waals surface area contributed by atoms with Crippen LogP contribution in [0.5, 0.6) is 5.75 Å². The first kappa shape index (κ1) is 14.0. The van der Waals surface area contributed by atoms with Crippen LogP contribution in [-0.2, 0) is 19.9 Å². The highest BCUT2D eigenvalue weighted by Gasteiger charge is 2.14. The molecule has 6 heteroatoms. The van der Waals surface area contributed by atoms with Gasteiger partial charge in [0.05, 0.1) is 18.2 Å². The molecular weight excluding hydrogens is 290 g/mol. The van der Waals surface area contributed by atoms with Gasteiger partial charge in [0.15, 0.2) is 5.65 Å². The van der Waals surface area contributed by atoms with Crippen molar-refractivity contribution in [3.05, 3.63) is 41.9 Å². The Balaban J connectivity index is 1.52. The van der Waals surface area contributed by atoms with Gasteiger partial charge in [0.1, 0.15) is 17.9 Å². The molecule has 0 amide bonds. The fourth-order valence-corrected chi connectivity index (χ4v) is 3.08. The average molecular weight is 309 g/mol. The van der Waals surface area contributed by atoms with Crippen LogP contribution in [0, 0.1) is 0 Å². The van der Waals surface area contributed by atoms with Crippen molar-refractivity contribution < 1.29 is 4.74 Å². The predicted octanol–water partition coefficient (Wildman–Crippen LogP) is 2.34. The fraction of sp³-hybridized carbons (Fsp3) is 0.353. The Hall–Kier alpha value is -2.63. The van der Waals surface area contributed by atoms with Crippen molar-refractivity contribution in [3.63, 3.8) is 0 Å². The van der Waals surface area contributed by atoms with Crippen molar-refractivity contribution in [1.29, 1.82) is 0 Å². The van der Waals surface area contributed by atoms with E-state index in [9.17, 15) is 0 Å². The molecule has 4 rings (SSSR count). The zero-order chi connectivity index (χ0) is 15.8. The normalized spacial score (nSPS) is 14.5. The number of nitrogens with one attached hydrogen (secondary N) is 1. The molecule has 0 aliphatic carbocycles. The molecule has 0 spiro atoms. The molecule has 3 heterocycles. The Kier molecular flexibility index (Phi) is 3.37. The van der Waals surface area contributed by atoms with Crippen LogP contribution >= 0.6 is 0 Å². The number of ether oxygens (including phenoxy) is 1. The predicted molar refractivity (Wildman–Crippen MR) is 88.7 cm³/mol. The minimum absolute atomic E-state index is 0.258. The fourth-order valence-electron chi connectivity index (χ4n) is 3.08. The molecule has 0 bridgehead atoms. The Morgan fingerprint density at radius 3 is 3.17 bits per heavy atom. The monoisotopic (exact) mass is 309 g/mol. The molecule has 0 radical (unpaired) electrons. The van der Waals surface area contributed by atoms with Gasteiger partial charge in [-0.3, -0.25) is 4.68 Å². The van der Waals surface area contributed by atoms with Crippen LogP contribution in [0.4, 0.5) is 5.82 Å². The van der Waals surface area contributed by atoms with Gasteiger partial charge in [-0.1, -0.05) is 12.1 Å². The van der Waals surface area contributed by atoms with Gasteiger partial charge in [0.25, 0.3) is 0 Å². The van der Waals surface area contributed by atoms with E-state index in [4.69, 9.17) is 4.74 Å². The van der Waals surface area contributed by atoms with E-state index in [0.717, 1.165) is 42.0 Å². The second kappa shape index (κ2) is 5.53. The maximum Gasteiger partial charge on any atom is 0.163 e. The number of anilines is 1. The maximum absolute atomic E-state index is 5.56. The number of benzene rings is 1. The molecule has 3 aromatic rings. The van der Waals surface area contributed by atoms with E-state index in [1.165, 1.54) is 11.1 Å². The number of rotatable bonds is 4. The van der Waals surface area contributed by atoms with Gasteiger partial charge >= 0.3 is 0 Å². The molecule has 0 fully saturated rings. The lowest BCUT2D eigenvalue weighted by Gasteiger charge is -2.15. The largest absolute Gasteiger partial charge is 0.493 e. The summed E-state index contributed by atoms with van der Waals surface area (Å²) in [5.41, 5.74) is 3.46. The van der Waals surface area contributed by atoms with Crippen molar-refractivity contribution in [2.24, 2.45) is 7.05 Å². The zero-order valence-electron chi connectivity index (χ0n) is 13.3. The Morgan fingerprint density at radius 2 is 2.26 bits per heavy atom. The molecule has 6 nitrogen and oxygen atoms in total. The van der Waals surface area contributed by atoms with E-state index in [2.05, 4.69) is 45.5 Å². The molecule has 1 aliphatic rings. The molecule has 1 aromatic carbocycles. The van der Waals surface area contributed by atoms with E-state index in [-0.39, 0.29) is 6.04 Å². The third kappa shape index (κ3) is 2.60. The van der Waals surface area contributed by atoms with Crippen molar-refractivity contribution >= 4 is 16.9 Å². The smallest absolute Gasteiger partial charge is 0.163 e. The minimum Gasteiger partial charge on any atom is -0.493 e. The maximum atomic E-state index is 5.56. The molecule has 2 aromatic heterocycles. The number of hydrogen-bond donors (Lipinski definition) is 1. The summed E-state index contributed by atoms with van der Waals surface area (Å²) in [5.74, 6) is 1.86. The second-order valence-electron chi connectivity index (χ2n) is 6.02. The highest BCUT2D eigenvalue weighted by atomic mass is 16.5. The number of hydrogen-bond acceptors (Lipinski definition) is 5. The van der Waals surface area contributed by atoms with Crippen LogP contribution in [0.15, 0.2) is 30.7 Å². The molecular formula is C17H19N5O. The Bertz CT molecular complexity index is 857. The van der Waals surface area contributed by atoms with Crippen molar-refractivity contribution in [1.82, 2.24) is 19.7 Å². The van der Waals surface area contributed by atoms with Crippen LogP contribution in [0.3, 0.4) is 0 Å². The number of nitrogens with zero attached hydrogens (tertiary/aromatic N) is 4. The standard InChI is InChI=1S/C17H19N5O/c1-11(7-12-3-4-15-13(8-12)5-6-23-15)21-16-14-9-20-22(2)17(14)19-10-18-16/h3-4,8-11H,5-7H2,1-2H3,(H,18,19,21). The van der Waals surface area contributed by atoms with Gasteiger partial charge < -0.3 is 10.1 Å². The van der Waals surface area contributed by atoms with E-state index in [1.807, 2.05) is 7.05 Å². The second-order valence-corrected chi connectivity index (χ2v) is 6.02. The van der Waals surface area contributed by atoms with Crippen LogP contribution in [0.1, 0.15) is 18.1 Å². The van der Waals surface area contributed by atoms with Gasteiger partial charge in [-0.2, -0.15) is 5.10 Å². The first-order valence-electron chi connectivity index (χ1n) is 7.84. The highest BCUT2D eigenvalue weighted by Crippen LogP contribution is 2.26. The molecule has 1 N–H and O–H groups in total. The molecule has 118 valence electrons. The van der Waals surface area contributed by atoms with Gasteiger partial charge in [0, 0.05) is 19.5 Å². The molecule has 1 aliphatic heterocycles. The summed E-state index contributed by atoms with van der Waals surface area (Å²) in [4.78, 5) is 8.63. The van der Waals surface area contributed by atoms with Crippen LogP contribution in [0.25, 0.3) is 11.0 Å². The lowest BCUT2D eigenvalue weighted by molar-refractivity contribution is 0.357. The lowest BCUT2D eigenvalue weighted by atomic mass is 10.0. The summed E-state index contributed by atoms with van der Waals surface area (Å²) in [6, 6.07) is 6.73. The quantitative estimate of drug-likeness (QED) is 0.801. The average Bonchev–Trinajstić information content (AvgIpc) is 3.14. The van der Waals surface area contributed by atoms with Crippen LogP contribution < -0.4 is 10.1 Å². The Morgan fingerprint density at radius 1 is 1.35 bits per heavy atom. The summed E-state index contributed by atoms with van der Waals surface area (Å²) < 4.78 is 7.32. The summed E-state index contributed by atoms with van der Waals surface area (Å²) in [6.07, 6.45) is 5.31. The van der Waals surface area contributed by atoms with Gasteiger partial charge in [-0.15, -0.1) is 0 Å². The van der Waals surface area contributed by atoms with Gasteiger partial charge in [-0.05, 0) is 30.5 Å². The summed E-state index contributed by atoms with van der Waals surface area (Å²) in [6.45, 7) is 2.96. The first-order valence-corrected chi connectivity index (χ1v) is 7.84. The molecule has 1 unspecified atom stereocenters. The molecule has 0 saturated heterocycles. The SMILES string of the molecule is CC(Cc1ccc2c(c1)CCO2)Nc1ncnc2c1cnn2C. The molecule has 0 saturated carbocycles. The minimum atomic E-state index is 0.258. The van der Waals surface area contributed by atoms with E-state index >= 15 is 0 Å². The number of aromatic nitrogens is 4. The van der Waals surface area contributed by atoms with E-state index in [0.29, 0.717) is 0 Å². The van der Waals surface area contributed by atoms with Crippen molar-refractivity contribution in [2.75, 3.05) is 11.9 Å². The van der Waals surface area contributed by atoms with Crippen molar-refractivity contribution in [3.8, 4) is 5.75 Å². The van der Waals surface area contributed by atoms with E-state index in [1.54, 1.807) is 17.2 Å². The van der Waals surface area contributed by atoms with Crippen molar-refractivity contribution in [2.45, 2.75) is 25.8 Å². The van der Waals surface area contributed by atoms with Crippen LogP contribution in [0.2, 0.25) is 0 Å². The Labute approximate surface area is 134 Å². The summed E-state index contributed by atoms with van der Waals surface area (Å²) in [7, 11) is 1.88. The molecule has 23 heavy (non-hydrogen) atoms. The third-order valence-electron chi connectivity index (χ3n) is 4.21. The third-order valence-corrected chi connectivity index (χ3v) is 4.21. The highest BCUT2D eigenvalue weighted by molar-refractivity contribution is 5.86. The topological polar surface area (TPSA) is 64.9 Å². The van der Waals surface area contributed by atoms with Gasteiger partial charge in [0.2, 0.25) is 0 Å². The lowest BCUT2D eigenvalue weighted by Crippen LogP contribution is -2.19. The van der Waals surface area contributed by atoms with E-state index < -0.39 is 0 Å². The molecule has 1 atom stereocenters. The number of fused-ring (bicyclic) bond motifs is 2. The summed E-state index contributed by atoms with van der Waals surface area (Å²) >= 11 is 0. The van der Waals surface area contributed by atoms with Gasteiger partial charge in [-0.25, -0.2) is 9.97 Å². The number of aryl methyl sites for hydroxylation is 1.